The molecule has 0 spiro atoms. The van der Waals surface area contributed by atoms with Crippen molar-refractivity contribution < 1.29 is 22.8 Å². The molecule has 1 saturated heterocycles. The van der Waals surface area contributed by atoms with Crippen LogP contribution in [0.15, 0.2) is 47.4 Å². The van der Waals surface area contributed by atoms with Gasteiger partial charge < -0.3 is 9.47 Å². The number of morpholine rings is 1. The number of halogens is 1. The summed E-state index contributed by atoms with van der Waals surface area (Å²) in [6, 6.07) is 9.84. The molecule has 10 heteroatoms. The summed E-state index contributed by atoms with van der Waals surface area (Å²) in [6.45, 7) is 1.31. The van der Waals surface area contributed by atoms with Crippen molar-refractivity contribution in [3.63, 3.8) is 0 Å². The lowest BCUT2D eigenvalue weighted by Crippen LogP contribution is -2.40. The zero-order valence-electron chi connectivity index (χ0n) is 13.5. The molecule has 0 N–H and O–H groups in total. The second-order valence-corrected chi connectivity index (χ2v) is 7.78. The van der Waals surface area contributed by atoms with E-state index in [1.165, 1.54) is 46.8 Å². The molecule has 0 bridgehead atoms. The highest BCUT2D eigenvalue weighted by atomic mass is 35.5. The number of nitrogens with zero attached hydrogens (tertiary/aromatic N) is 2. The fourth-order valence-electron chi connectivity index (χ4n) is 2.48. The van der Waals surface area contributed by atoms with Gasteiger partial charge in [0.1, 0.15) is 5.75 Å². The largest absolute Gasteiger partial charge is 0.449 e. The highest BCUT2D eigenvalue weighted by molar-refractivity contribution is 7.89. The summed E-state index contributed by atoms with van der Waals surface area (Å²) in [4.78, 5) is 10.6. The van der Waals surface area contributed by atoms with Gasteiger partial charge in [-0.25, -0.2) is 8.42 Å². The van der Waals surface area contributed by atoms with Crippen LogP contribution in [0.3, 0.4) is 0 Å². The van der Waals surface area contributed by atoms with Gasteiger partial charge in [-0.3, -0.25) is 10.1 Å². The SMILES string of the molecule is O=[N+]([O-])c1cccc(Cl)c1Oc1ccc(S(=O)(=O)N2CCOCC2)cc1. The van der Waals surface area contributed by atoms with Crippen LogP contribution in [-0.2, 0) is 14.8 Å². The molecule has 1 heterocycles. The monoisotopic (exact) mass is 398 g/mol. The number of nitro benzene ring substituents is 1. The van der Waals surface area contributed by atoms with Gasteiger partial charge in [-0.2, -0.15) is 4.31 Å². The third-order valence-electron chi connectivity index (χ3n) is 3.79. The molecule has 138 valence electrons. The molecule has 0 radical (unpaired) electrons. The summed E-state index contributed by atoms with van der Waals surface area (Å²) in [6.07, 6.45) is 0. The normalized spacial score (nSPS) is 15.6. The number of sulfonamides is 1. The Hall–Kier alpha value is -2.20. The molecule has 0 atom stereocenters. The molecule has 0 saturated carbocycles. The van der Waals surface area contributed by atoms with Gasteiger partial charge in [0.15, 0.2) is 0 Å². The third kappa shape index (κ3) is 3.80. The fourth-order valence-corrected chi connectivity index (χ4v) is 4.09. The van der Waals surface area contributed by atoms with Crippen LogP contribution < -0.4 is 4.74 Å². The Balaban J connectivity index is 1.84. The van der Waals surface area contributed by atoms with Crippen LogP contribution in [0.1, 0.15) is 0 Å². The Morgan fingerprint density at radius 2 is 1.77 bits per heavy atom. The van der Waals surface area contributed by atoms with Crippen LogP contribution in [0.25, 0.3) is 0 Å². The van der Waals surface area contributed by atoms with Gasteiger partial charge >= 0.3 is 5.69 Å². The van der Waals surface area contributed by atoms with Crippen LogP contribution in [0.5, 0.6) is 11.5 Å². The van der Waals surface area contributed by atoms with Crippen LogP contribution in [0.2, 0.25) is 5.02 Å². The topological polar surface area (TPSA) is 99.0 Å². The first kappa shape index (κ1) is 18.6. The lowest BCUT2D eigenvalue weighted by atomic mass is 10.3. The molecule has 1 aliphatic rings. The molecule has 1 aliphatic heterocycles. The first-order valence-corrected chi connectivity index (χ1v) is 9.50. The molecule has 1 fully saturated rings. The van der Waals surface area contributed by atoms with E-state index in [1.54, 1.807) is 0 Å². The van der Waals surface area contributed by atoms with Crippen molar-refractivity contribution in [2.45, 2.75) is 4.90 Å². The maximum Gasteiger partial charge on any atom is 0.313 e. The quantitative estimate of drug-likeness (QED) is 0.567. The Labute approximate surface area is 155 Å². The van der Waals surface area contributed by atoms with E-state index >= 15 is 0 Å². The van der Waals surface area contributed by atoms with Gasteiger partial charge in [-0.1, -0.05) is 17.7 Å². The van der Waals surface area contributed by atoms with E-state index in [2.05, 4.69) is 0 Å². The van der Waals surface area contributed by atoms with E-state index in [0.29, 0.717) is 26.3 Å². The summed E-state index contributed by atoms with van der Waals surface area (Å²) in [5.41, 5.74) is -0.275. The zero-order chi connectivity index (χ0) is 18.7. The van der Waals surface area contributed by atoms with Crippen molar-refractivity contribution in [3.05, 3.63) is 57.6 Å². The molecular formula is C16H15ClN2O6S. The molecule has 2 aromatic rings. The first-order valence-electron chi connectivity index (χ1n) is 7.68. The molecule has 3 rings (SSSR count). The minimum absolute atomic E-state index is 0.0872. The van der Waals surface area contributed by atoms with Gasteiger partial charge in [-0.05, 0) is 30.3 Å². The summed E-state index contributed by atoms with van der Waals surface area (Å²) in [5.74, 6) is 0.144. The minimum atomic E-state index is -3.62. The molecule has 2 aromatic carbocycles. The second kappa shape index (κ2) is 7.58. The van der Waals surface area contributed by atoms with Crippen LogP contribution in [0.4, 0.5) is 5.69 Å². The van der Waals surface area contributed by atoms with Crippen molar-refractivity contribution >= 4 is 27.3 Å². The lowest BCUT2D eigenvalue weighted by Gasteiger charge is -2.26. The minimum Gasteiger partial charge on any atom is -0.449 e. The van der Waals surface area contributed by atoms with Gasteiger partial charge in [0, 0.05) is 19.2 Å². The maximum absolute atomic E-state index is 12.6. The van der Waals surface area contributed by atoms with Crippen molar-refractivity contribution in [3.8, 4) is 11.5 Å². The lowest BCUT2D eigenvalue weighted by molar-refractivity contribution is -0.385. The van der Waals surface area contributed by atoms with Crippen molar-refractivity contribution in [1.82, 2.24) is 4.31 Å². The third-order valence-corrected chi connectivity index (χ3v) is 6.00. The average Bonchev–Trinajstić information content (AvgIpc) is 2.64. The molecule has 0 aromatic heterocycles. The smallest absolute Gasteiger partial charge is 0.313 e. The van der Waals surface area contributed by atoms with E-state index < -0.39 is 14.9 Å². The van der Waals surface area contributed by atoms with Crippen LogP contribution in [-0.4, -0.2) is 43.9 Å². The Morgan fingerprint density at radius 1 is 1.12 bits per heavy atom. The van der Waals surface area contributed by atoms with Crippen molar-refractivity contribution in [1.29, 1.82) is 0 Å². The number of nitro groups is 1. The first-order chi connectivity index (χ1) is 12.4. The molecule has 0 unspecified atom stereocenters. The van der Waals surface area contributed by atoms with Gasteiger partial charge in [0.2, 0.25) is 15.8 Å². The standard InChI is InChI=1S/C16H15ClN2O6S/c17-14-2-1-3-15(19(20)21)16(14)25-12-4-6-13(7-5-12)26(22,23)18-8-10-24-11-9-18/h1-7H,8-11H2. The van der Waals surface area contributed by atoms with Crippen LogP contribution in [0, 0.1) is 10.1 Å². The second-order valence-electron chi connectivity index (χ2n) is 5.44. The average molecular weight is 399 g/mol. The van der Waals surface area contributed by atoms with Crippen molar-refractivity contribution in [2.24, 2.45) is 0 Å². The van der Waals surface area contributed by atoms with E-state index in [-0.39, 0.29) is 27.1 Å². The molecular weight excluding hydrogens is 384 g/mol. The van der Waals surface area contributed by atoms with E-state index in [0.717, 1.165) is 0 Å². The highest BCUT2D eigenvalue weighted by Crippen LogP contribution is 2.38. The van der Waals surface area contributed by atoms with Gasteiger partial charge in [-0.15, -0.1) is 0 Å². The Morgan fingerprint density at radius 3 is 2.38 bits per heavy atom. The molecule has 0 aliphatic carbocycles. The number of rotatable bonds is 5. The molecule has 26 heavy (non-hydrogen) atoms. The number of hydrogen-bond acceptors (Lipinski definition) is 6. The maximum atomic E-state index is 12.6. The van der Waals surface area contributed by atoms with Crippen molar-refractivity contribution in [2.75, 3.05) is 26.3 Å². The number of benzene rings is 2. The number of ether oxygens (including phenoxy) is 2. The fraction of sp³-hybridized carbons (Fsp3) is 0.250. The number of hydrogen-bond donors (Lipinski definition) is 0. The van der Waals surface area contributed by atoms with E-state index in [4.69, 9.17) is 21.1 Å². The Kier molecular flexibility index (Phi) is 5.42. The predicted octanol–water partition coefficient (Wildman–Crippen LogP) is 3.06. The van der Waals surface area contributed by atoms with E-state index in [1.807, 2.05) is 0 Å². The zero-order valence-corrected chi connectivity index (χ0v) is 15.1. The summed E-state index contributed by atoms with van der Waals surface area (Å²) in [5, 5.41) is 11.2. The Bertz CT molecular complexity index is 911. The van der Waals surface area contributed by atoms with Crippen LogP contribution >= 0.6 is 11.6 Å². The molecule has 8 nitrogen and oxygen atoms in total. The predicted molar refractivity (Wildman–Crippen MR) is 94.2 cm³/mol. The summed E-state index contributed by atoms with van der Waals surface area (Å²) >= 11 is 5.98. The van der Waals surface area contributed by atoms with E-state index in [9.17, 15) is 18.5 Å². The summed E-state index contributed by atoms with van der Waals surface area (Å²) in [7, 11) is -3.62. The number of para-hydroxylation sites is 1. The highest BCUT2D eigenvalue weighted by Gasteiger charge is 2.26. The van der Waals surface area contributed by atoms with Gasteiger partial charge in [0.05, 0.1) is 28.1 Å². The summed E-state index contributed by atoms with van der Waals surface area (Å²) < 4.78 is 37.2. The van der Waals surface area contributed by atoms with Gasteiger partial charge in [0.25, 0.3) is 0 Å². The molecule has 0 amide bonds.